The maximum absolute atomic E-state index is 12.2. The van der Waals surface area contributed by atoms with Crippen LogP contribution in [-0.2, 0) is 9.53 Å². The third-order valence-corrected chi connectivity index (χ3v) is 12.2. The number of aliphatic hydroxyl groups is 3. The monoisotopic (exact) mass is 516 g/mol. The lowest BCUT2D eigenvalue weighted by atomic mass is 9.39. The number of esters is 1. The van der Waals surface area contributed by atoms with Crippen LogP contribution in [-0.4, -0.2) is 27.1 Å². The molecule has 2 saturated carbocycles. The molecule has 0 amide bonds. The van der Waals surface area contributed by atoms with Crippen molar-refractivity contribution in [3.05, 3.63) is 23.2 Å². The first kappa shape index (κ1) is 28.7. The molecular weight excluding hydrogens is 464 g/mol. The summed E-state index contributed by atoms with van der Waals surface area (Å²) in [6.45, 7) is 19.3. The smallest absolute Gasteiger partial charge is 0.307 e. The molecule has 4 rings (SSSR count). The van der Waals surface area contributed by atoms with E-state index in [-0.39, 0.29) is 27.9 Å². The van der Waals surface area contributed by atoms with Crippen molar-refractivity contribution in [2.24, 2.45) is 51.2 Å². The summed E-state index contributed by atoms with van der Waals surface area (Å²) < 4.78 is 5.64. The molecule has 2 fully saturated rings. The van der Waals surface area contributed by atoms with Gasteiger partial charge >= 0.3 is 5.97 Å². The summed E-state index contributed by atoms with van der Waals surface area (Å²) in [6, 6.07) is 0. The fourth-order valence-electron chi connectivity index (χ4n) is 9.64. The van der Waals surface area contributed by atoms with Crippen LogP contribution in [0.25, 0.3) is 0 Å². The van der Waals surface area contributed by atoms with Gasteiger partial charge < -0.3 is 20.1 Å². The normalized spacial score (nSPS) is 41.0. The molecule has 0 aliphatic heterocycles. The van der Waals surface area contributed by atoms with Crippen molar-refractivity contribution in [2.45, 2.75) is 119 Å². The maximum Gasteiger partial charge on any atom is 0.307 e. The molecule has 0 heterocycles. The topological polar surface area (TPSA) is 87.0 Å². The molecule has 4 aliphatic rings. The Morgan fingerprint density at radius 3 is 2.27 bits per heavy atom. The van der Waals surface area contributed by atoms with Gasteiger partial charge in [0.15, 0.2) is 11.5 Å². The third-order valence-electron chi connectivity index (χ3n) is 12.2. The quantitative estimate of drug-likeness (QED) is 0.196. The van der Waals surface area contributed by atoms with Crippen molar-refractivity contribution in [3.8, 4) is 0 Å². The SMILES string of the molecule is CC(=O)OC1=C(O)C(O)(O)C(C)(C)C2=CC[C@@H]3[C@@](C)(CC[C@]4(C)[C@@H]([C@H](C)CCCC(C)C)CC[C@@]34C)[C@@H]21. The molecule has 0 saturated heterocycles. The van der Waals surface area contributed by atoms with Crippen molar-refractivity contribution in [1.82, 2.24) is 0 Å². The first-order valence-corrected chi connectivity index (χ1v) is 14.7. The zero-order chi connectivity index (χ0) is 27.8. The van der Waals surface area contributed by atoms with E-state index < -0.39 is 22.9 Å². The van der Waals surface area contributed by atoms with Crippen molar-refractivity contribution in [2.75, 3.05) is 0 Å². The van der Waals surface area contributed by atoms with Gasteiger partial charge in [-0.05, 0) is 72.0 Å². The number of carbonyl (C=O) groups is 1. The van der Waals surface area contributed by atoms with Gasteiger partial charge in [0.25, 0.3) is 0 Å². The summed E-state index contributed by atoms with van der Waals surface area (Å²) in [5.41, 5.74) is -0.151. The lowest BCUT2D eigenvalue weighted by molar-refractivity contribution is -0.231. The second-order valence-corrected chi connectivity index (χ2v) is 14.8. The lowest BCUT2D eigenvalue weighted by Crippen LogP contribution is -2.62. The highest BCUT2D eigenvalue weighted by molar-refractivity contribution is 5.68. The van der Waals surface area contributed by atoms with Crippen LogP contribution in [0.2, 0.25) is 0 Å². The second-order valence-electron chi connectivity index (χ2n) is 14.8. The molecule has 0 bridgehead atoms. The molecule has 210 valence electrons. The van der Waals surface area contributed by atoms with Gasteiger partial charge in [-0.15, -0.1) is 0 Å². The number of rotatable bonds is 6. The first-order valence-electron chi connectivity index (χ1n) is 14.7. The molecule has 0 unspecified atom stereocenters. The minimum Gasteiger partial charge on any atom is -0.504 e. The van der Waals surface area contributed by atoms with Gasteiger partial charge in [0.05, 0.1) is 0 Å². The predicted octanol–water partition coefficient (Wildman–Crippen LogP) is 7.29. The van der Waals surface area contributed by atoms with Gasteiger partial charge in [-0.2, -0.15) is 0 Å². The number of allylic oxidation sites excluding steroid dienone is 2. The minimum atomic E-state index is -2.50. The molecule has 0 radical (unpaired) electrons. The van der Waals surface area contributed by atoms with Gasteiger partial charge in [0, 0.05) is 18.3 Å². The van der Waals surface area contributed by atoms with Crippen LogP contribution in [0, 0.1) is 51.2 Å². The molecule has 4 aliphatic carbocycles. The Hall–Kier alpha value is -1.33. The average Bonchev–Trinajstić information content (AvgIpc) is 3.06. The maximum atomic E-state index is 12.2. The van der Waals surface area contributed by atoms with E-state index in [0.717, 1.165) is 30.8 Å². The Morgan fingerprint density at radius 1 is 1.03 bits per heavy atom. The summed E-state index contributed by atoms with van der Waals surface area (Å²) in [7, 11) is 0. The predicted molar refractivity (Wildman–Crippen MR) is 146 cm³/mol. The Labute approximate surface area is 224 Å². The largest absolute Gasteiger partial charge is 0.504 e. The summed E-state index contributed by atoms with van der Waals surface area (Å²) in [6.07, 6.45) is 11.4. The van der Waals surface area contributed by atoms with E-state index in [4.69, 9.17) is 4.74 Å². The van der Waals surface area contributed by atoms with Crippen molar-refractivity contribution in [1.29, 1.82) is 0 Å². The van der Waals surface area contributed by atoms with E-state index in [1.54, 1.807) is 13.8 Å². The molecule has 0 spiro atoms. The summed E-state index contributed by atoms with van der Waals surface area (Å²) in [4.78, 5) is 12.2. The van der Waals surface area contributed by atoms with Crippen LogP contribution in [0.1, 0.15) is 114 Å². The van der Waals surface area contributed by atoms with Gasteiger partial charge in [0.2, 0.25) is 5.79 Å². The molecule has 5 nitrogen and oxygen atoms in total. The average molecular weight is 517 g/mol. The Bertz CT molecular complexity index is 989. The van der Waals surface area contributed by atoms with Gasteiger partial charge in [-0.25, -0.2) is 0 Å². The summed E-state index contributed by atoms with van der Waals surface area (Å²) in [5.74, 6) is -1.49. The van der Waals surface area contributed by atoms with Crippen LogP contribution < -0.4 is 0 Å². The number of hydrogen-bond donors (Lipinski definition) is 3. The van der Waals surface area contributed by atoms with E-state index >= 15 is 0 Å². The fraction of sp³-hybridized carbons (Fsp3) is 0.844. The van der Waals surface area contributed by atoms with E-state index in [0.29, 0.717) is 17.8 Å². The van der Waals surface area contributed by atoms with Crippen molar-refractivity contribution < 1.29 is 24.9 Å². The summed E-state index contributed by atoms with van der Waals surface area (Å²) in [5, 5.41) is 33.2. The number of fused-ring (bicyclic) bond motifs is 5. The van der Waals surface area contributed by atoms with E-state index in [9.17, 15) is 20.1 Å². The molecular formula is C32H52O5. The Balaban J connectivity index is 1.75. The highest BCUT2D eigenvalue weighted by atomic mass is 16.6. The number of carbonyl (C=O) groups excluding carboxylic acids is 1. The summed E-state index contributed by atoms with van der Waals surface area (Å²) >= 11 is 0. The highest BCUT2D eigenvalue weighted by Crippen LogP contribution is 2.75. The van der Waals surface area contributed by atoms with Crippen LogP contribution >= 0.6 is 0 Å². The van der Waals surface area contributed by atoms with Crippen molar-refractivity contribution in [3.63, 3.8) is 0 Å². The van der Waals surface area contributed by atoms with Crippen LogP contribution in [0.15, 0.2) is 23.2 Å². The molecule has 0 aromatic carbocycles. The van der Waals surface area contributed by atoms with Gasteiger partial charge in [0.1, 0.15) is 0 Å². The highest BCUT2D eigenvalue weighted by Gasteiger charge is 2.70. The lowest BCUT2D eigenvalue weighted by Gasteiger charge is -2.65. The number of hydrogen-bond acceptors (Lipinski definition) is 5. The molecule has 0 aromatic rings. The molecule has 5 heteroatoms. The fourth-order valence-corrected chi connectivity index (χ4v) is 9.64. The number of ether oxygens (including phenoxy) is 1. The standard InChI is InChI=1S/C32H52O5/c1-19(2)11-10-12-20(3)22-15-16-31(9)24-14-13-23-25(29(24,7)17-18-30(22,31)8)26(37-21(4)33)27(34)32(35,36)28(23,5)6/h13,19-20,22,24-25,34-36H,10-12,14-18H2,1-9H3/t20-,22-,24-,25+,29-,30-,31+/m1/s1. The van der Waals surface area contributed by atoms with Crippen molar-refractivity contribution >= 4 is 5.97 Å². The molecule has 7 atom stereocenters. The van der Waals surface area contributed by atoms with E-state index in [2.05, 4.69) is 47.6 Å². The van der Waals surface area contributed by atoms with E-state index in [1.807, 2.05) is 0 Å². The van der Waals surface area contributed by atoms with Gasteiger partial charge in [-0.3, -0.25) is 4.79 Å². The molecule has 3 N–H and O–H groups in total. The van der Waals surface area contributed by atoms with E-state index in [1.165, 1.54) is 39.0 Å². The van der Waals surface area contributed by atoms with Crippen LogP contribution in [0.5, 0.6) is 0 Å². The number of aliphatic hydroxyl groups excluding tert-OH is 1. The molecule has 37 heavy (non-hydrogen) atoms. The second kappa shape index (κ2) is 9.11. The Kier molecular flexibility index (Phi) is 7.06. The zero-order valence-corrected chi connectivity index (χ0v) is 24.8. The van der Waals surface area contributed by atoms with Crippen LogP contribution in [0.4, 0.5) is 0 Å². The minimum absolute atomic E-state index is 0.0408. The van der Waals surface area contributed by atoms with Gasteiger partial charge in [-0.1, -0.05) is 86.3 Å². The molecule has 0 aromatic heterocycles. The van der Waals surface area contributed by atoms with Crippen LogP contribution in [0.3, 0.4) is 0 Å². The first-order chi connectivity index (χ1) is 16.9. The Morgan fingerprint density at radius 2 is 1.68 bits per heavy atom. The third kappa shape index (κ3) is 3.96. The zero-order valence-electron chi connectivity index (χ0n) is 24.8.